The standard InChI is InChI=1S/C16H23BO/c1-10(2)12-7-11(17)8-13-14(12)18-16(5,6)9-15(13,3)4/h7-8,10H,9H2,1-6H3. The van der Waals surface area contributed by atoms with Gasteiger partial charge in [-0.25, -0.2) is 0 Å². The van der Waals surface area contributed by atoms with Crippen molar-refractivity contribution in [3.05, 3.63) is 23.3 Å². The molecule has 1 heterocycles. The molecule has 0 amide bonds. The molecule has 0 saturated carbocycles. The Morgan fingerprint density at radius 1 is 1.17 bits per heavy atom. The van der Waals surface area contributed by atoms with Gasteiger partial charge in [-0.15, -0.1) is 0 Å². The van der Waals surface area contributed by atoms with Crippen molar-refractivity contribution >= 4 is 13.3 Å². The van der Waals surface area contributed by atoms with Crippen molar-refractivity contribution in [2.24, 2.45) is 0 Å². The van der Waals surface area contributed by atoms with E-state index in [0.29, 0.717) is 5.92 Å². The number of rotatable bonds is 1. The summed E-state index contributed by atoms with van der Waals surface area (Å²) in [6, 6.07) is 4.14. The van der Waals surface area contributed by atoms with Gasteiger partial charge in [0.05, 0.1) is 0 Å². The van der Waals surface area contributed by atoms with E-state index in [0.717, 1.165) is 17.6 Å². The Labute approximate surface area is 112 Å². The van der Waals surface area contributed by atoms with Crippen LogP contribution in [-0.4, -0.2) is 13.4 Å². The Balaban J connectivity index is 2.68. The zero-order valence-corrected chi connectivity index (χ0v) is 12.4. The molecule has 96 valence electrons. The number of benzene rings is 1. The quantitative estimate of drug-likeness (QED) is 0.685. The van der Waals surface area contributed by atoms with Crippen LogP contribution in [0.1, 0.15) is 65.0 Å². The monoisotopic (exact) mass is 242 g/mol. The third-order valence-corrected chi connectivity index (χ3v) is 3.74. The van der Waals surface area contributed by atoms with Crippen LogP contribution in [0.4, 0.5) is 0 Å². The molecule has 0 bridgehead atoms. The Morgan fingerprint density at radius 2 is 1.78 bits per heavy atom. The second-order valence-electron chi connectivity index (χ2n) is 7.06. The molecule has 0 unspecified atom stereocenters. The number of fused-ring (bicyclic) bond motifs is 1. The molecule has 2 heteroatoms. The summed E-state index contributed by atoms with van der Waals surface area (Å²) >= 11 is 0. The van der Waals surface area contributed by atoms with Gasteiger partial charge in [-0.05, 0) is 42.7 Å². The first-order chi connectivity index (χ1) is 8.12. The molecule has 18 heavy (non-hydrogen) atoms. The van der Waals surface area contributed by atoms with E-state index in [1.807, 2.05) is 0 Å². The van der Waals surface area contributed by atoms with E-state index in [-0.39, 0.29) is 11.0 Å². The summed E-state index contributed by atoms with van der Waals surface area (Å²) in [5.41, 5.74) is 3.32. The Hall–Kier alpha value is -0.915. The van der Waals surface area contributed by atoms with Crippen molar-refractivity contribution in [1.29, 1.82) is 0 Å². The summed E-state index contributed by atoms with van der Waals surface area (Å²) in [6.07, 6.45) is 1.01. The van der Waals surface area contributed by atoms with Gasteiger partial charge in [0.1, 0.15) is 19.2 Å². The fourth-order valence-electron chi connectivity index (χ4n) is 3.19. The summed E-state index contributed by atoms with van der Waals surface area (Å²) in [5.74, 6) is 1.48. The molecule has 0 atom stereocenters. The van der Waals surface area contributed by atoms with Crippen molar-refractivity contribution in [3.8, 4) is 5.75 Å². The van der Waals surface area contributed by atoms with Crippen LogP contribution >= 0.6 is 0 Å². The molecule has 0 aromatic heterocycles. The van der Waals surface area contributed by atoms with Gasteiger partial charge in [0, 0.05) is 0 Å². The van der Waals surface area contributed by atoms with Crippen molar-refractivity contribution in [3.63, 3.8) is 0 Å². The van der Waals surface area contributed by atoms with Gasteiger partial charge in [0.25, 0.3) is 0 Å². The molecule has 1 aliphatic heterocycles. The maximum Gasteiger partial charge on any atom is 0.127 e. The van der Waals surface area contributed by atoms with Crippen LogP contribution in [-0.2, 0) is 5.41 Å². The summed E-state index contributed by atoms with van der Waals surface area (Å²) < 4.78 is 6.25. The molecule has 0 fully saturated rings. The molecule has 0 saturated heterocycles. The number of hydrogen-bond acceptors (Lipinski definition) is 1. The average molecular weight is 242 g/mol. The first kappa shape index (κ1) is 13.5. The van der Waals surface area contributed by atoms with E-state index in [1.165, 1.54) is 11.1 Å². The minimum Gasteiger partial charge on any atom is -0.487 e. The van der Waals surface area contributed by atoms with Crippen LogP contribution < -0.4 is 10.2 Å². The highest BCUT2D eigenvalue weighted by atomic mass is 16.5. The largest absolute Gasteiger partial charge is 0.487 e. The van der Waals surface area contributed by atoms with Gasteiger partial charge in [-0.1, -0.05) is 45.3 Å². The highest BCUT2D eigenvalue weighted by molar-refractivity contribution is 6.32. The Bertz CT molecular complexity index is 472. The minimum atomic E-state index is -0.115. The normalized spacial score (nSPS) is 20.4. The molecule has 0 spiro atoms. The van der Waals surface area contributed by atoms with Gasteiger partial charge in [-0.2, -0.15) is 0 Å². The third-order valence-electron chi connectivity index (χ3n) is 3.74. The van der Waals surface area contributed by atoms with E-state index in [2.05, 4.69) is 53.7 Å². The van der Waals surface area contributed by atoms with Crippen LogP contribution in [0.15, 0.2) is 12.1 Å². The maximum absolute atomic E-state index is 6.25. The molecular formula is C16H23BO. The molecular weight excluding hydrogens is 219 g/mol. The van der Waals surface area contributed by atoms with Crippen LogP contribution in [0.5, 0.6) is 5.75 Å². The molecule has 1 aromatic rings. The van der Waals surface area contributed by atoms with Crippen LogP contribution in [0.3, 0.4) is 0 Å². The lowest BCUT2D eigenvalue weighted by atomic mass is 9.71. The number of hydrogen-bond donors (Lipinski definition) is 0. The lowest BCUT2D eigenvalue weighted by molar-refractivity contribution is 0.0520. The summed E-state index contributed by atoms with van der Waals surface area (Å²) in [4.78, 5) is 0. The average Bonchev–Trinajstić information content (AvgIpc) is 2.15. The van der Waals surface area contributed by atoms with Crippen molar-refractivity contribution in [2.45, 2.75) is 64.9 Å². The molecule has 1 aromatic carbocycles. The second-order valence-corrected chi connectivity index (χ2v) is 7.06. The van der Waals surface area contributed by atoms with Gasteiger partial charge < -0.3 is 4.74 Å². The fraction of sp³-hybridized carbons (Fsp3) is 0.625. The van der Waals surface area contributed by atoms with E-state index >= 15 is 0 Å². The van der Waals surface area contributed by atoms with Crippen molar-refractivity contribution in [2.75, 3.05) is 0 Å². The highest BCUT2D eigenvalue weighted by Crippen LogP contribution is 2.47. The molecule has 1 aliphatic rings. The topological polar surface area (TPSA) is 9.23 Å². The first-order valence-corrected chi connectivity index (χ1v) is 6.75. The van der Waals surface area contributed by atoms with Gasteiger partial charge in [-0.3, -0.25) is 0 Å². The Kier molecular flexibility index (Phi) is 3.04. The Morgan fingerprint density at radius 3 is 2.33 bits per heavy atom. The lowest BCUT2D eigenvalue weighted by Gasteiger charge is -2.44. The number of ether oxygens (including phenoxy) is 1. The zero-order valence-electron chi connectivity index (χ0n) is 12.4. The van der Waals surface area contributed by atoms with Gasteiger partial charge in [0.2, 0.25) is 0 Å². The second kappa shape index (κ2) is 4.04. The minimum absolute atomic E-state index is 0.107. The highest BCUT2D eigenvalue weighted by Gasteiger charge is 2.40. The fourth-order valence-corrected chi connectivity index (χ4v) is 3.19. The molecule has 0 N–H and O–H groups in total. The molecule has 1 nitrogen and oxygen atoms in total. The van der Waals surface area contributed by atoms with Crippen molar-refractivity contribution < 1.29 is 4.74 Å². The smallest absolute Gasteiger partial charge is 0.127 e. The SMILES string of the molecule is [B]c1cc(C(C)C)c2c(c1)C(C)(C)CC(C)(C)O2. The van der Waals surface area contributed by atoms with Crippen LogP contribution in [0, 0.1) is 0 Å². The van der Waals surface area contributed by atoms with E-state index in [4.69, 9.17) is 12.6 Å². The molecule has 2 radical (unpaired) electrons. The van der Waals surface area contributed by atoms with E-state index in [9.17, 15) is 0 Å². The predicted octanol–water partition coefficient (Wildman–Crippen LogP) is 3.44. The predicted molar refractivity (Wildman–Crippen MR) is 78.3 cm³/mol. The van der Waals surface area contributed by atoms with Crippen LogP contribution in [0.2, 0.25) is 0 Å². The van der Waals surface area contributed by atoms with E-state index < -0.39 is 0 Å². The summed E-state index contributed by atoms with van der Waals surface area (Å²) in [5, 5.41) is 0. The summed E-state index contributed by atoms with van der Waals surface area (Å²) in [6.45, 7) is 13.3. The van der Waals surface area contributed by atoms with Gasteiger partial charge in [0.15, 0.2) is 0 Å². The molecule has 0 aliphatic carbocycles. The maximum atomic E-state index is 6.25. The van der Waals surface area contributed by atoms with E-state index in [1.54, 1.807) is 0 Å². The van der Waals surface area contributed by atoms with Crippen molar-refractivity contribution in [1.82, 2.24) is 0 Å². The zero-order chi connectivity index (χ0) is 13.7. The van der Waals surface area contributed by atoms with Crippen LogP contribution in [0.25, 0.3) is 0 Å². The summed E-state index contributed by atoms with van der Waals surface area (Å²) in [7, 11) is 6.05. The third kappa shape index (κ3) is 2.30. The van der Waals surface area contributed by atoms with Gasteiger partial charge >= 0.3 is 0 Å². The molecule has 2 rings (SSSR count). The lowest BCUT2D eigenvalue weighted by Crippen LogP contribution is -2.42. The first-order valence-electron chi connectivity index (χ1n) is 6.75.